The molecule has 3 rings (SSSR count). The van der Waals surface area contributed by atoms with Crippen LogP contribution in [0.5, 0.6) is 0 Å². The zero-order chi connectivity index (χ0) is 13.9. The Morgan fingerprint density at radius 1 is 1.10 bits per heavy atom. The van der Waals surface area contributed by atoms with E-state index < -0.39 is 0 Å². The van der Waals surface area contributed by atoms with Crippen molar-refractivity contribution >= 4 is 15.9 Å². The molecule has 1 atom stereocenters. The summed E-state index contributed by atoms with van der Waals surface area (Å²) in [7, 11) is 0. The average Bonchev–Trinajstić information content (AvgIpc) is 2.40. The number of nitrogens with one attached hydrogen (secondary N) is 1. The molecule has 0 aromatic heterocycles. The fourth-order valence-corrected chi connectivity index (χ4v) is 3.32. The minimum absolute atomic E-state index is 0.0191. The Morgan fingerprint density at radius 2 is 1.90 bits per heavy atom. The third kappa shape index (κ3) is 2.66. The van der Waals surface area contributed by atoms with Crippen molar-refractivity contribution in [1.82, 2.24) is 5.43 Å². The van der Waals surface area contributed by atoms with Gasteiger partial charge >= 0.3 is 0 Å². The third-order valence-electron chi connectivity index (χ3n) is 4.20. The van der Waals surface area contributed by atoms with E-state index in [1.54, 1.807) is 0 Å². The quantitative estimate of drug-likeness (QED) is 0.649. The van der Waals surface area contributed by atoms with Crippen LogP contribution in [0.2, 0.25) is 0 Å². The van der Waals surface area contributed by atoms with Crippen LogP contribution in [0, 0.1) is 0 Å². The summed E-state index contributed by atoms with van der Waals surface area (Å²) in [5, 5.41) is 0. The highest BCUT2D eigenvalue weighted by Crippen LogP contribution is 2.37. The van der Waals surface area contributed by atoms with Crippen LogP contribution < -0.4 is 11.3 Å². The molecule has 104 valence electrons. The molecule has 1 aliphatic carbocycles. The second-order valence-corrected chi connectivity index (χ2v) is 6.27. The van der Waals surface area contributed by atoms with Crippen LogP contribution in [-0.4, -0.2) is 0 Å². The molecule has 1 fully saturated rings. The summed E-state index contributed by atoms with van der Waals surface area (Å²) >= 11 is 3.61. The molecule has 0 bridgehead atoms. The van der Waals surface area contributed by atoms with Crippen molar-refractivity contribution in [2.24, 2.45) is 5.84 Å². The first-order valence-corrected chi connectivity index (χ1v) is 7.89. The molecule has 2 aromatic rings. The van der Waals surface area contributed by atoms with Gasteiger partial charge in [-0.15, -0.1) is 0 Å². The second kappa shape index (κ2) is 6.08. The molecular weight excluding hydrogens is 312 g/mol. The number of rotatable bonds is 4. The first-order chi connectivity index (χ1) is 9.79. The van der Waals surface area contributed by atoms with Gasteiger partial charge < -0.3 is 0 Å². The predicted molar refractivity (Wildman–Crippen MR) is 86.3 cm³/mol. The molecule has 1 aliphatic rings. The lowest BCUT2D eigenvalue weighted by Crippen LogP contribution is -2.29. The fourth-order valence-electron chi connectivity index (χ4n) is 2.81. The maximum absolute atomic E-state index is 5.81. The summed E-state index contributed by atoms with van der Waals surface area (Å²) in [6.45, 7) is 0. The largest absolute Gasteiger partial charge is 0.271 e. The van der Waals surface area contributed by atoms with Gasteiger partial charge in [-0.3, -0.25) is 5.84 Å². The Hall–Kier alpha value is -1.16. The lowest BCUT2D eigenvalue weighted by atomic mass is 9.79. The monoisotopic (exact) mass is 330 g/mol. The van der Waals surface area contributed by atoms with Gasteiger partial charge in [0, 0.05) is 4.47 Å². The number of nitrogens with two attached hydrogens (primary N) is 1. The Balaban J connectivity index is 1.95. The molecule has 0 radical (unpaired) electrons. The summed E-state index contributed by atoms with van der Waals surface area (Å²) < 4.78 is 1.08. The van der Waals surface area contributed by atoms with Crippen LogP contribution in [-0.2, 0) is 0 Å². The van der Waals surface area contributed by atoms with Crippen LogP contribution in [0.1, 0.15) is 47.9 Å². The van der Waals surface area contributed by atoms with Crippen molar-refractivity contribution in [2.75, 3.05) is 0 Å². The number of hydrogen-bond donors (Lipinski definition) is 2. The minimum atomic E-state index is 0.0191. The fraction of sp³-hybridized carbons (Fsp3) is 0.294. The van der Waals surface area contributed by atoms with Crippen LogP contribution >= 0.6 is 15.9 Å². The van der Waals surface area contributed by atoms with E-state index in [1.807, 2.05) is 12.1 Å². The van der Waals surface area contributed by atoms with E-state index in [1.165, 1.54) is 36.0 Å². The molecule has 0 spiro atoms. The van der Waals surface area contributed by atoms with Gasteiger partial charge in [-0.25, -0.2) is 5.43 Å². The number of hydrazine groups is 1. The molecular formula is C17H19BrN2. The van der Waals surface area contributed by atoms with Crippen molar-refractivity contribution in [3.05, 3.63) is 69.7 Å². The number of benzene rings is 2. The van der Waals surface area contributed by atoms with Gasteiger partial charge in [-0.1, -0.05) is 64.8 Å². The molecule has 2 nitrogen and oxygen atoms in total. The Bertz CT molecular complexity index is 593. The lowest BCUT2D eigenvalue weighted by Gasteiger charge is -2.27. The van der Waals surface area contributed by atoms with Crippen LogP contribution in [0.25, 0.3) is 0 Å². The summed E-state index contributed by atoms with van der Waals surface area (Å²) in [6, 6.07) is 17.1. The predicted octanol–water partition coefficient (Wildman–Crippen LogP) is 4.27. The number of halogens is 1. The summed E-state index contributed by atoms with van der Waals surface area (Å²) in [5.41, 5.74) is 6.79. The van der Waals surface area contributed by atoms with E-state index >= 15 is 0 Å². The summed E-state index contributed by atoms with van der Waals surface area (Å²) in [6.07, 6.45) is 4.00. The minimum Gasteiger partial charge on any atom is -0.271 e. The molecule has 20 heavy (non-hydrogen) atoms. The van der Waals surface area contributed by atoms with Crippen molar-refractivity contribution in [2.45, 2.75) is 31.2 Å². The van der Waals surface area contributed by atoms with E-state index in [9.17, 15) is 0 Å². The molecule has 0 amide bonds. The topological polar surface area (TPSA) is 38.0 Å². The lowest BCUT2D eigenvalue weighted by molar-refractivity contribution is 0.419. The molecule has 0 heterocycles. The Kier molecular flexibility index (Phi) is 4.20. The SMILES string of the molecule is NNC(c1cccc(C2CCC2)c1)c1ccccc1Br. The Labute approximate surface area is 128 Å². The first kappa shape index (κ1) is 13.8. The average molecular weight is 331 g/mol. The molecule has 0 saturated heterocycles. The van der Waals surface area contributed by atoms with Gasteiger partial charge in [-0.2, -0.15) is 0 Å². The van der Waals surface area contributed by atoms with E-state index in [0.717, 1.165) is 10.4 Å². The highest BCUT2D eigenvalue weighted by Gasteiger charge is 2.21. The summed E-state index contributed by atoms with van der Waals surface area (Å²) in [5.74, 6) is 6.55. The molecule has 2 aromatic carbocycles. The van der Waals surface area contributed by atoms with Gasteiger partial charge in [0.15, 0.2) is 0 Å². The second-order valence-electron chi connectivity index (χ2n) is 5.42. The number of hydrogen-bond acceptors (Lipinski definition) is 2. The Morgan fingerprint density at radius 3 is 2.55 bits per heavy atom. The van der Waals surface area contributed by atoms with Crippen LogP contribution in [0.4, 0.5) is 0 Å². The van der Waals surface area contributed by atoms with Gasteiger partial charge in [0.25, 0.3) is 0 Å². The first-order valence-electron chi connectivity index (χ1n) is 7.10. The van der Waals surface area contributed by atoms with Gasteiger partial charge in [0.05, 0.1) is 6.04 Å². The van der Waals surface area contributed by atoms with Gasteiger partial charge in [-0.05, 0) is 41.5 Å². The van der Waals surface area contributed by atoms with E-state index in [2.05, 4.69) is 57.8 Å². The van der Waals surface area contributed by atoms with E-state index in [0.29, 0.717) is 0 Å². The zero-order valence-corrected chi connectivity index (χ0v) is 12.9. The zero-order valence-electron chi connectivity index (χ0n) is 11.4. The third-order valence-corrected chi connectivity index (χ3v) is 4.93. The van der Waals surface area contributed by atoms with Crippen molar-refractivity contribution < 1.29 is 0 Å². The molecule has 0 aliphatic heterocycles. The summed E-state index contributed by atoms with van der Waals surface area (Å²) in [4.78, 5) is 0. The van der Waals surface area contributed by atoms with Crippen molar-refractivity contribution in [3.63, 3.8) is 0 Å². The molecule has 1 saturated carbocycles. The highest BCUT2D eigenvalue weighted by molar-refractivity contribution is 9.10. The maximum Gasteiger partial charge on any atom is 0.0721 e. The van der Waals surface area contributed by atoms with Gasteiger partial charge in [0.2, 0.25) is 0 Å². The smallest absolute Gasteiger partial charge is 0.0721 e. The molecule has 3 heteroatoms. The molecule has 3 N–H and O–H groups in total. The standard InChI is InChI=1S/C17H19BrN2/c18-16-10-2-1-9-15(16)17(20-19)14-8-4-7-13(11-14)12-5-3-6-12/h1-2,4,7-12,17,20H,3,5-6,19H2. The van der Waals surface area contributed by atoms with Crippen molar-refractivity contribution in [3.8, 4) is 0 Å². The van der Waals surface area contributed by atoms with Crippen LogP contribution in [0.3, 0.4) is 0 Å². The van der Waals surface area contributed by atoms with Crippen molar-refractivity contribution in [1.29, 1.82) is 0 Å². The maximum atomic E-state index is 5.81. The van der Waals surface area contributed by atoms with Crippen LogP contribution in [0.15, 0.2) is 53.0 Å². The normalized spacial score (nSPS) is 16.7. The molecule has 1 unspecified atom stereocenters. The van der Waals surface area contributed by atoms with E-state index in [4.69, 9.17) is 5.84 Å². The highest BCUT2D eigenvalue weighted by atomic mass is 79.9. The van der Waals surface area contributed by atoms with Gasteiger partial charge in [0.1, 0.15) is 0 Å². The van der Waals surface area contributed by atoms with E-state index in [-0.39, 0.29) is 6.04 Å².